The van der Waals surface area contributed by atoms with E-state index in [2.05, 4.69) is 10.3 Å². The van der Waals surface area contributed by atoms with Gasteiger partial charge in [0.2, 0.25) is 0 Å². The highest BCUT2D eigenvalue weighted by Crippen LogP contribution is 2.11. The van der Waals surface area contributed by atoms with Gasteiger partial charge in [0.25, 0.3) is 5.91 Å². The minimum Gasteiger partial charge on any atom is -0.476 e. The topological polar surface area (TPSA) is 92.4 Å². The third-order valence-corrected chi connectivity index (χ3v) is 3.12. The molecule has 0 aromatic carbocycles. The van der Waals surface area contributed by atoms with Crippen LogP contribution >= 0.6 is 11.3 Å². The highest BCUT2D eigenvalue weighted by atomic mass is 32.1. The van der Waals surface area contributed by atoms with Gasteiger partial charge in [-0.05, 0) is 13.0 Å². The van der Waals surface area contributed by atoms with Crippen molar-refractivity contribution in [2.75, 3.05) is 0 Å². The van der Waals surface area contributed by atoms with Crippen molar-refractivity contribution in [3.63, 3.8) is 0 Å². The maximum absolute atomic E-state index is 11.7. The van der Waals surface area contributed by atoms with Crippen molar-refractivity contribution >= 4 is 23.2 Å². The normalized spacial score (nSPS) is 10.3. The third kappa shape index (κ3) is 2.57. The van der Waals surface area contributed by atoms with Gasteiger partial charge in [-0.3, -0.25) is 4.79 Å². The van der Waals surface area contributed by atoms with E-state index in [4.69, 9.17) is 9.52 Å². The van der Waals surface area contributed by atoms with E-state index in [0.717, 1.165) is 0 Å². The van der Waals surface area contributed by atoms with Gasteiger partial charge in [-0.25, -0.2) is 9.78 Å². The molecule has 2 rings (SSSR count). The second kappa shape index (κ2) is 5.01. The van der Waals surface area contributed by atoms with Crippen LogP contribution in [0.2, 0.25) is 0 Å². The van der Waals surface area contributed by atoms with E-state index in [-0.39, 0.29) is 18.1 Å². The number of aryl methyl sites for hydroxylation is 1. The first-order valence-corrected chi connectivity index (χ1v) is 5.96. The molecule has 0 aliphatic carbocycles. The molecule has 2 N–H and O–H groups in total. The van der Waals surface area contributed by atoms with Crippen LogP contribution in [-0.2, 0) is 6.54 Å². The van der Waals surface area contributed by atoms with Gasteiger partial charge < -0.3 is 14.8 Å². The fraction of sp³-hybridized carbons (Fsp3) is 0.182. The Hall–Kier alpha value is -2.15. The molecule has 7 heteroatoms. The van der Waals surface area contributed by atoms with E-state index >= 15 is 0 Å². The van der Waals surface area contributed by atoms with Crippen molar-refractivity contribution in [1.82, 2.24) is 10.3 Å². The molecule has 0 saturated heterocycles. The highest BCUT2D eigenvalue weighted by molar-refractivity contribution is 7.09. The van der Waals surface area contributed by atoms with Gasteiger partial charge in [-0.2, -0.15) is 0 Å². The summed E-state index contributed by atoms with van der Waals surface area (Å²) in [5.41, 5.74) is 0.453. The quantitative estimate of drug-likeness (QED) is 0.878. The van der Waals surface area contributed by atoms with Gasteiger partial charge in [-0.1, -0.05) is 0 Å². The molecule has 0 aliphatic heterocycles. The number of nitrogens with one attached hydrogen (secondary N) is 1. The molecule has 2 aromatic heterocycles. The first kappa shape index (κ1) is 12.3. The number of carboxylic acids is 1. The number of aromatic carboxylic acids is 1. The van der Waals surface area contributed by atoms with Crippen LogP contribution in [0.15, 0.2) is 22.1 Å². The van der Waals surface area contributed by atoms with Crippen molar-refractivity contribution in [2.24, 2.45) is 0 Å². The summed E-state index contributed by atoms with van der Waals surface area (Å²) in [5.74, 6) is -0.805. The Bertz CT molecular complexity index is 587. The average Bonchev–Trinajstić information content (AvgIpc) is 2.94. The smallest absolute Gasteiger partial charge is 0.355 e. The lowest BCUT2D eigenvalue weighted by Gasteiger charge is -2.01. The van der Waals surface area contributed by atoms with Gasteiger partial charge in [0.1, 0.15) is 10.8 Å². The zero-order chi connectivity index (χ0) is 13.1. The molecular weight excluding hydrogens is 256 g/mol. The van der Waals surface area contributed by atoms with Crippen LogP contribution in [0, 0.1) is 6.92 Å². The minimum atomic E-state index is -1.07. The summed E-state index contributed by atoms with van der Waals surface area (Å²) in [5, 5.41) is 13.3. The van der Waals surface area contributed by atoms with E-state index in [1.807, 2.05) is 0 Å². The number of hydrogen-bond acceptors (Lipinski definition) is 5. The maximum atomic E-state index is 11.7. The van der Waals surface area contributed by atoms with E-state index in [0.29, 0.717) is 16.3 Å². The third-order valence-electron chi connectivity index (χ3n) is 2.27. The van der Waals surface area contributed by atoms with Crippen LogP contribution in [0.3, 0.4) is 0 Å². The SMILES string of the molecule is Cc1occc1C(=O)NCc1nc(C(=O)O)cs1. The lowest BCUT2D eigenvalue weighted by atomic mass is 10.2. The van der Waals surface area contributed by atoms with Crippen LogP contribution in [0.25, 0.3) is 0 Å². The van der Waals surface area contributed by atoms with Crippen LogP contribution in [0.1, 0.15) is 31.6 Å². The molecule has 0 atom stereocenters. The second-order valence-corrected chi connectivity index (χ2v) is 4.45. The summed E-state index contributed by atoms with van der Waals surface area (Å²) in [6.45, 7) is 1.89. The summed E-state index contributed by atoms with van der Waals surface area (Å²) in [4.78, 5) is 26.2. The Balaban J connectivity index is 1.97. The molecule has 0 radical (unpaired) electrons. The number of carboxylic acid groups (broad SMARTS) is 1. The molecule has 1 amide bonds. The van der Waals surface area contributed by atoms with Crippen molar-refractivity contribution in [3.8, 4) is 0 Å². The average molecular weight is 266 g/mol. The summed E-state index contributed by atoms with van der Waals surface area (Å²) in [6.07, 6.45) is 1.44. The number of thiazole rings is 1. The number of furan rings is 1. The number of amides is 1. The fourth-order valence-electron chi connectivity index (χ4n) is 1.36. The standard InChI is InChI=1S/C11H10N2O4S/c1-6-7(2-3-17-6)10(14)12-4-9-13-8(5-18-9)11(15)16/h2-3,5H,4H2,1H3,(H,12,14)(H,15,16). The Morgan fingerprint density at radius 3 is 2.89 bits per heavy atom. The lowest BCUT2D eigenvalue weighted by molar-refractivity contribution is 0.0691. The van der Waals surface area contributed by atoms with Crippen LogP contribution in [0.4, 0.5) is 0 Å². The molecular formula is C11H10N2O4S. The predicted molar refractivity (Wildman–Crippen MR) is 63.7 cm³/mol. The van der Waals surface area contributed by atoms with E-state index in [1.54, 1.807) is 13.0 Å². The van der Waals surface area contributed by atoms with E-state index in [9.17, 15) is 9.59 Å². The van der Waals surface area contributed by atoms with Crippen LogP contribution < -0.4 is 5.32 Å². The summed E-state index contributed by atoms with van der Waals surface area (Å²) in [6, 6.07) is 1.58. The number of hydrogen-bond donors (Lipinski definition) is 2. The molecule has 6 nitrogen and oxygen atoms in total. The van der Waals surface area contributed by atoms with Crippen molar-refractivity contribution in [3.05, 3.63) is 39.7 Å². The van der Waals surface area contributed by atoms with Crippen LogP contribution in [-0.4, -0.2) is 22.0 Å². The highest BCUT2D eigenvalue weighted by Gasteiger charge is 2.13. The zero-order valence-corrected chi connectivity index (χ0v) is 10.3. The first-order chi connectivity index (χ1) is 8.58. The second-order valence-electron chi connectivity index (χ2n) is 3.50. The van der Waals surface area contributed by atoms with Crippen molar-refractivity contribution < 1.29 is 19.1 Å². The number of aromatic nitrogens is 1. The Morgan fingerprint density at radius 1 is 1.56 bits per heavy atom. The molecule has 0 aliphatic rings. The fourth-order valence-corrected chi connectivity index (χ4v) is 2.07. The van der Waals surface area contributed by atoms with Gasteiger partial charge in [0.15, 0.2) is 5.69 Å². The Kier molecular flexibility index (Phi) is 3.42. The number of carbonyl (C=O) groups is 2. The number of carbonyl (C=O) groups excluding carboxylic acids is 1. The molecule has 18 heavy (non-hydrogen) atoms. The van der Waals surface area contributed by atoms with Crippen molar-refractivity contribution in [1.29, 1.82) is 0 Å². The molecule has 94 valence electrons. The number of nitrogens with zero attached hydrogens (tertiary/aromatic N) is 1. The maximum Gasteiger partial charge on any atom is 0.355 e. The minimum absolute atomic E-state index is 0.0104. The molecule has 2 heterocycles. The molecule has 0 bridgehead atoms. The summed E-state index contributed by atoms with van der Waals surface area (Å²) >= 11 is 1.19. The molecule has 0 saturated carbocycles. The van der Waals surface area contributed by atoms with E-state index < -0.39 is 5.97 Å². The summed E-state index contributed by atoms with van der Waals surface area (Å²) < 4.78 is 5.02. The van der Waals surface area contributed by atoms with Crippen molar-refractivity contribution in [2.45, 2.75) is 13.5 Å². The Morgan fingerprint density at radius 2 is 2.33 bits per heavy atom. The first-order valence-electron chi connectivity index (χ1n) is 5.08. The Labute approximate surface area is 106 Å². The van der Waals surface area contributed by atoms with E-state index in [1.165, 1.54) is 23.0 Å². The number of rotatable bonds is 4. The molecule has 2 aromatic rings. The van der Waals surface area contributed by atoms with Gasteiger partial charge in [0, 0.05) is 5.38 Å². The monoisotopic (exact) mass is 266 g/mol. The molecule has 0 spiro atoms. The molecule has 0 unspecified atom stereocenters. The van der Waals surface area contributed by atoms with Gasteiger partial charge in [-0.15, -0.1) is 11.3 Å². The summed E-state index contributed by atoms with van der Waals surface area (Å²) in [7, 11) is 0. The lowest BCUT2D eigenvalue weighted by Crippen LogP contribution is -2.22. The zero-order valence-electron chi connectivity index (χ0n) is 9.47. The largest absolute Gasteiger partial charge is 0.476 e. The van der Waals surface area contributed by atoms with Crippen LogP contribution in [0.5, 0.6) is 0 Å². The van der Waals surface area contributed by atoms with Gasteiger partial charge in [0.05, 0.1) is 18.4 Å². The predicted octanol–water partition coefficient (Wildman–Crippen LogP) is 1.67. The molecule has 0 fully saturated rings. The van der Waals surface area contributed by atoms with Gasteiger partial charge >= 0.3 is 5.97 Å².